The van der Waals surface area contributed by atoms with Gasteiger partial charge < -0.3 is 5.32 Å². The van der Waals surface area contributed by atoms with Crippen LogP contribution < -0.4 is 5.32 Å². The van der Waals surface area contributed by atoms with Gasteiger partial charge >= 0.3 is 0 Å². The molecule has 3 nitrogen and oxygen atoms in total. The molecule has 0 spiro atoms. The largest absolute Gasteiger partial charge is 0.353 e. The normalized spacial score (nSPS) is 12.5. The van der Waals surface area contributed by atoms with Gasteiger partial charge in [-0.15, -0.1) is 10.2 Å². The number of nitrogens with zero attached hydrogens (tertiary/aromatic N) is 2. The van der Waals surface area contributed by atoms with Crippen molar-refractivity contribution in [2.45, 2.75) is 19.9 Å². The number of hydrogen-bond acceptors (Lipinski definition) is 4. The molecule has 0 amide bonds. The Balaban J connectivity index is 2.28. The second-order valence-electron chi connectivity index (χ2n) is 3.75. The molecule has 18 heavy (non-hydrogen) atoms. The number of anilines is 1. The maximum Gasteiger partial charge on any atom is 0.206 e. The van der Waals surface area contributed by atoms with E-state index in [4.69, 9.17) is 23.2 Å². The standard InChI is InChI=1S/C11H10Cl2FN3S/c1-5(15-11-17-16-6(2)18-11)9-7(12)3-4-8(14)10(9)13/h3-5H,1-2H3,(H,15,17). The fourth-order valence-electron chi connectivity index (χ4n) is 1.55. The number of nitrogens with one attached hydrogen (secondary N) is 1. The highest BCUT2D eigenvalue weighted by Crippen LogP contribution is 2.34. The van der Waals surface area contributed by atoms with Crippen molar-refractivity contribution in [1.29, 1.82) is 0 Å². The van der Waals surface area contributed by atoms with Gasteiger partial charge in [-0.3, -0.25) is 0 Å². The Labute approximate surface area is 118 Å². The minimum Gasteiger partial charge on any atom is -0.353 e. The third-order valence-electron chi connectivity index (χ3n) is 2.38. The molecule has 0 aliphatic rings. The Hall–Kier alpha value is -0.910. The minimum atomic E-state index is -0.488. The van der Waals surface area contributed by atoms with Crippen LogP contribution in [-0.2, 0) is 0 Å². The highest BCUT2D eigenvalue weighted by atomic mass is 35.5. The van der Waals surface area contributed by atoms with Gasteiger partial charge in [0.2, 0.25) is 5.13 Å². The van der Waals surface area contributed by atoms with Crippen molar-refractivity contribution in [3.63, 3.8) is 0 Å². The fraction of sp³-hybridized carbons (Fsp3) is 0.273. The first kappa shape index (κ1) is 13.5. The van der Waals surface area contributed by atoms with Crippen molar-refractivity contribution < 1.29 is 4.39 Å². The Morgan fingerprint density at radius 2 is 2.06 bits per heavy atom. The molecule has 7 heteroatoms. The van der Waals surface area contributed by atoms with Gasteiger partial charge in [-0.25, -0.2) is 4.39 Å². The summed E-state index contributed by atoms with van der Waals surface area (Å²) in [7, 11) is 0. The molecule has 1 atom stereocenters. The lowest BCUT2D eigenvalue weighted by Crippen LogP contribution is -2.08. The molecule has 0 aliphatic heterocycles. The molecular weight excluding hydrogens is 296 g/mol. The Bertz CT molecular complexity index is 573. The van der Waals surface area contributed by atoms with Crippen LogP contribution in [0.4, 0.5) is 9.52 Å². The third kappa shape index (κ3) is 2.74. The summed E-state index contributed by atoms with van der Waals surface area (Å²) in [6.45, 7) is 3.69. The molecule has 1 aromatic heterocycles. The Morgan fingerprint density at radius 1 is 1.33 bits per heavy atom. The van der Waals surface area contributed by atoms with Crippen molar-refractivity contribution in [2.24, 2.45) is 0 Å². The number of benzene rings is 1. The van der Waals surface area contributed by atoms with Crippen LogP contribution in [0.3, 0.4) is 0 Å². The van der Waals surface area contributed by atoms with E-state index >= 15 is 0 Å². The molecule has 1 aromatic carbocycles. The van der Waals surface area contributed by atoms with E-state index in [0.717, 1.165) is 5.01 Å². The van der Waals surface area contributed by atoms with E-state index in [1.165, 1.54) is 23.5 Å². The molecule has 0 bridgehead atoms. The number of halogens is 3. The Morgan fingerprint density at radius 3 is 2.67 bits per heavy atom. The van der Waals surface area contributed by atoms with Gasteiger partial charge in [-0.05, 0) is 26.0 Å². The molecule has 1 N–H and O–H groups in total. The topological polar surface area (TPSA) is 37.8 Å². The Kier molecular flexibility index (Phi) is 4.04. The summed E-state index contributed by atoms with van der Waals surface area (Å²) in [6, 6.07) is 2.48. The summed E-state index contributed by atoms with van der Waals surface area (Å²) >= 11 is 13.4. The van der Waals surface area contributed by atoms with E-state index < -0.39 is 5.82 Å². The monoisotopic (exact) mass is 305 g/mol. The molecule has 2 aromatic rings. The number of hydrogen-bond donors (Lipinski definition) is 1. The second-order valence-corrected chi connectivity index (χ2v) is 5.72. The van der Waals surface area contributed by atoms with Crippen LogP contribution in [0, 0.1) is 12.7 Å². The first-order chi connectivity index (χ1) is 8.49. The first-order valence-corrected chi connectivity index (χ1v) is 6.76. The van der Waals surface area contributed by atoms with Crippen LogP contribution in [-0.4, -0.2) is 10.2 Å². The fourth-order valence-corrected chi connectivity index (χ4v) is 2.93. The first-order valence-electron chi connectivity index (χ1n) is 5.19. The van der Waals surface area contributed by atoms with Gasteiger partial charge in [0.25, 0.3) is 0 Å². The lowest BCUT2D eigenvalue weighted by Gasteiger charge is -2.16. The molecular formula is C11H10Cl2FN3S. The van der Waals surface area contributed by atoms with Crippen LogP contribution in [0.5, 0.6) is 0 Å². The SMILES string of the molecule is Cc1nnc(NC(C)c2c(Cl)ccc(F)c2Cl)s1. The quantitative estimate of drug-likeness (QED) is 0.850. The molecule has 0 aliphatic carbocycles. The average molecular weight is 306 g/mol. The highest BCUT2D eigenvalue weighted by molar-refractivity contribution is 7.15. The zero-order valence-electron chi connectivity index (χ0n) is 9.67. The predicted molar refractivity (Wildman–Crippen MR) is 73.1 cm³/mol. The average Bonchev–Trinajstić information content (AvgIpc) is 2.70. The molecule has 1 unspecified atom stereocenters. The van der Waals surface area contributed by atoms with E-state index in [1.54, 1.807) is 0 Å². The van der Waals surface area contributed by atoms with Crippen molar-refractivity contribution in [2.75, 3.05) is 5.32 Å². The van der Waals surface area contributed by atoms with Crippen molar-refractivity contribution >= 4 is 39.7 Å². The van der Waals surface area contributed by atoms with Crippen LogP contribution in [0.2, 0.25) is 10.0 Å². The van der Waals surface area contributed by atoms with Gasteiger partial charge in [-0.1, -0.05) is 34.5 Å². The molecule has 0 saturated carbocycles. The predicted octanol–water partition coefficient (Wildman–Crippen LogP) is 4.47. The van der Waals surface area contributed by atoms with E-state index in [-0.39, 0.29) is 11.1 Å². The van der Waals surface area contributed by atoms with Gasteiger partial charge in [0.05, 0.1) is 11.1 Å². The van der Waals surface area contributed by atoms with E-state index in [0.29, 0.717) is 15.7 Å². The second kappa shape index (κ2) is 5.38. The summed E-state index contributed by atoms with van der Waals surface area (Å²) < 4.78 is 13.4. The van der Waals surface area contributed by atoms with Crippen molar-refractivity contribution in [1.82, 2.24) is 10.2 Å². The van der Waals surface area contributed by atoms with Crippen LogP contribution in [0.1, 0.15) is 23.5 Å². The van der Waals surface area contributed by atoms with E-state index in [9.17, 15) is 4.39 Å². The number of aromatic nitrogens is 2. The lowest BCUT2D eigenvalue weighted by molar-refractivity contribution is 0.624. The van der Waals surface area contributed by atoms with Crippen LogP contribution >= 0.6 is 34.5 Å². The number of aryl methyl sites for hydroxylation is 1. The third-order valence-corrected chi connectivity index (χ3v) is 3.86. The molecule has 2 rings (SSSR count). The smallest absolute Gasteiger partial charge is 0.206 e. The van der Waals surface area contributed by atoms with E-state index in [1.807, 2.05) is 13.8 Å². The molecule has 0 radical (unpaired) electrons. The molecule has 0 fully saturated rings. The van der Waals surface area contributed by atoms with Gasteiger partial charge in [-0.2, -0.15) is 0 Å². The van der Waals surface area contributed by atoms with Crippen LogP contribution in [0.25, 0.3) is 0 Å². The van der Waals surface area contributed by atoms with E-state index in [2.05, 4.69) is 15.5 Å². The maximum absolute atomic E-state index is 13.4. The summed E-state index contributed by atoms with van der Waals surface area (Å²) in [5.74, 6) is -0.488. The van der Waals surface area contributed by atoms with Crippen molar-refractivity contribution in [3.05, 3.63) is 38.6 Å². The zero-order valence-corrected chi connectivity index (χ0v) is 12.0. The summed E-state index contributed by atoms with van der Waals surface area (Å²) in [6.07, 6.45) is 0. The lowest BCUT2D eigenvalue weighted by atomic mass is 10.1. The summed E-state index contributed by atoms with van der Waals surface area (Å²) in [5, 5.41) is 12.9. The van der Waals surface area contributed by atoms with Gasteiger partial charge in [0.1, 0.15) is 10.8 Å². The molecule has 96 valence electrons. The maximum atomic E-state index is 13.4. The van der Waals surface area contributed by atoms with Crippen LogP contribution in [0.15, 0.2) is 12.1 Å². The van der Waals surface area contributed by atoms with Crippen molar-refractivity contribution in [3.8, 4) is 0 Å². The zero-order chi connectivity index (χ0) is 13.3. The van der Waals surface area contributed by atoms with Gasteiger partial charge in [0, 0.05) is 10.6 Å². The number of rotatable bonds is 3. The molecule has 1 heterocycles. The highest BCUT2D eigenvalue weighted by Gasteiger charge is 2.18. The minimum absolute atomic E-state index is 0.0312. The molecule has 0 saturated heterocycles. The van der Waals surface area contributed by atoms with Gasteiger partial charge in [0.15, 0.2) is 0 Å². The summed E-state index contributed by atoms with van der Waals surface area (Å²) in [4.78, 5) is 0. The summed E-state index contributed by atoms with van der Waals surface area (Å²) in [5.41, 5.74) is 0.520.